The third kappa shape index (κ3) is 4.10. The molecule has 0 spiro atoms. The first kappa shape index (κ1) is 19.8. The van der Waals surface area contributed by atoms with Crippen molar-refractivity contribution in [1.29, 1.82) is 0 Å². The second kappa shape index (κ2) is 8.11. The summed E-state index contributed by atoms with van der Waals surface area (Å²) in [7, 11) is 0. The lowest BCUT2D eigenvalue weighted by Gasteiger charge is -2.31. The maximum absolute atomic E-state index is 13.6. The van der Waals surface area contributed by atoms with Gasteiger partial charge in [0, 0.05) is 11.3 Å². The maximum atomic E-state index is 13.6. The van der Waals surface area contributed by atoms with Crippen molar-refractivity contribution in [1.82, 2.24) is 4.90 Å². The first-order valence-corrected chi connectivity index (χ1v) is 9.91. The highest BCUT2D eigenvalue weighted by molar-refractivity contribution is 5.97. The predicted octanol–water partition coefficient (Wildman–Crippen LogP) is 4.56. The summed E-state index contributed by atoms with van der Waals surface area (Å²) in [5, 5.41) is 2.91. The Balaban J connectivity index is 1.80. The van der Waals surface area contributed by atoms with Crippen LogP contribution in [-0.2, 0) is 16.0 Å². The van der Waals surface area contributed by atoms with Gasteiger partial charge in [-0.15, -0.1) is 0 Å². The number of rotatable bonds is 3. The SMILES string of the molecule is Cc1cccc(CC(=O)N2CC(=O)Nc3ccc(C)cc3[C@H]2c2ccc(F)cc2)c1. The monoisotopic (exact) mass is 402 g/mol. The van der Waals surface area contributed by atoms with Crippen molar-refractivity contribution in [2.24, 2.45) is 0 Å². The van der Waals surface area contributed by atoms with E-state index in [1.54, 1.807) is 17.0 Å². The van der Waals surface area contributed by atoms with Crippen LogP contribution in [-0.4, -0.2) is 23.3 Å². The molecule has 1 atom stereocenters. The summed E-state index contributed by atoms with van der Waals surface area (Å²) in [6, 6.07) is 19.2. The van der Waals surface area contributed by atoms with Crippen LogP contribution in [0.1, 0.15) is 33.9 Å². The standard InChI is InChI=1S/C25H23FN2O2/c1-16-4-3-5-18(12-16)14-24(30)28-15-23(29)27-22-11-6-17(2)13-21(22)25(28)19-7-9-20(26)10-8-19/h3-13,25H,14-15H2,1-2H3,(H,27,29)/t25-/m1/s1. The molecule has 0 unspecified atom stereocenters. The molecule has 0 saturated heterocycles. The fourth-order valence-corrected chi connectivity index (χ4v) is 3.96. The van der Waals surface area contributed by atoms with Crippen LogP contribution in [0.5, 0.6) is 0 Å². The van der Waals surface area contributed by atoms with Crippen molar-refractivity contribution in [3.63, 3.8) is 0 Å². The molecule has 0 fully saturated rings. The molecule has 0 aliphatic carbocycles. The zero-order chi connectivity index (χ0) is 21.3. The predicted molar refractivity (Wildman–Crippen MR) is 115 cm³/mol. The van der Waals surface area contributed by atoms with Gasteiger partial charge in [0.15, 0.2) is 0 Å². The molecule has 0 aromatic heterocycles. The average molecular weight is 402 g/mol. The van der Waals surface area contributed by atoms with Crippen LogP contribution in [0, 0.1) is 19.7 Å². The average Bonchev–Trinajstić information content (AvgIpc) is 2.84. The lowest BCUT2D eigenvalue weighted by Crippen LogP contribution is -2.39. The number of halogens is 1. The van der Waals surface area contributed by atoms with E-state index in [4.69, 9.17) is 0 Å². The Morgan fingerprint density at radius 1 is 1.03 bits per heavy atom. The molecule has 3 aromatic rings. The summed E-state index contributed by atoms with van der Waals surface area (Å²) in [4.78, 5) is 27.6. The van der Waals surface area contributed by atoms with Crippen molar-refractivity contribution in [3.8, 4) is 0 Å². The van der Waals surface area contributed by atoms with E-state index in [0.29, 0.717) is 5.69 Å². The molecular formula is C25H23FN2O2. The number of benzene rings is 3. The van der Waals surface area contributed by atoms with E-state index in [2.05, 4.69) is 5.32 Å². The van der Waals surface area contributed by atoms with Crippen molar-refractivity contribution >= 4 is 17.5 Å². The molecule has 5 heteroatoms. The second-order valence-electron chi connectivity index (χ2n) is 7.78. The zero-order valence-corrected chi connectivity index (χ0v) is 17.0. The number of amides is 2. The van der Waals surface area contributed by atoms with Gasteiger partial charge >= 0.3 is 0 Å². The van der Waals surface area contributed by atoms with Gasteiger partial charge in [-0.2, -0.15) is 0 Å². The van der Waals surface area contributed by atoms with Crippen molar-refractivity contribution in [2.45, 2.75) is 26.3 Å². The largest absolute Gasteiger partial charge is 0.324 e. The van der Waals surface area contributed by atoms with Crippen molar-refractivity contribution < 1.29 is 14.0 Å². The van der Waals surface area contributed by atoms with Crippen LogP contribution in [0.2, 0.25) is 0 Å². The summed E-state index contributed by atoms with van der Waals surface area (Å²) in [6.45, 7) is 3.88. The van der Waals surface area contributed by atoms with Gasteiger partial charge in [-0.1, -0.05) is 59.7 Å². The normalized spacial score (nSPS) is 15.9. The van der Waals surface area contributed by atoms with Gasteiger partial charge in [-0.3, -0.25) is 9.59 Å². The minimum absolute atomic E-state index is 0.0690. The molecule has 0 radical (unpaired) electrons. The van der Waals surface area contributed by atoms with E-state index in [-0.39, 0.29) is 30.6 Å². The van der Waals surface area contributed by atoms with Crippen molar-refractivity contribution in [3.05, 3.63) is 100 Å². The number of nitrogens with one attached hydrogen (secondary N) is 1. The summed E-state index contributed by atoms with van der Waals surface area (Å²) in [5.41, 5.74) is 5.24. The highest BCUT2D eigenvalue weighted by Crippen LogP contribution is 2.36. The van der Waals surface area contributed by atoms with Crippen molar-refractivity contribution in [2.75, 3.05) is 11.9 Å². The van der Waals surface area contributed by atoms with Gasteiger partial charge in [0.1, 0.15) is 12.4 Å². The number of hydrogen-bond donors (Lipinski definition) is 1. The summed E-state index contributed by atoms with van der Waals surface area (Å²) < 4.78 is 13.6. The Bertz CT molecular complexity index is 1110. The number of hydrogen-bond acceptors (Lipinski definition) is 2. The van der Waals surface area contributed by atoms with Gasteiger partial charge < -0.3 is 10.2 Å². The van der Waals surface area contributed by atoms with Gasteiger partial charge in [0.25, 0.3) is 0 Å². The highest BCUT2D eigenvalue weighted by Gasteiger charge is 2.33. The first-order valence-electron chi connectivity index (χ1n) is 9.91. The number of carbonyl (C=O) groups excluding carboxylic acids is 2. The molecule has 2 amide bonds. The van der Waals surface area contributed by atoms with Crippen LogP contribution >= 0.6 is 0 Å². The fourth-order valence-electron chi connectivity index (χ4n) is 3.96. The van der Waals surface area contributed by atoms with Gasteiger partial charge in [-0.05, 0) is 43.2 Å². The van der Waals surface area contributed by atoms with Crippen LogP contribution in [0.25, 0.3) is 0 Å². The molecule has 0 bridgehead atoms. The molecule has 0 saturated carbocycles. The summed E-state index contributed by atoms with van der Waals surface area (Å²) >= 11 is 0. The summed E-state index contributed by atoms with van der Waals surface area (Å²) in [6.07, 6.45) is 0.188. The number of anilines is 1. The molecule has 1 aliphatic heterocycles. The Morgan fingerprint density at radius 2 is 1.77 bits per heavy atom. The van der Waals surface area contributed by atoms with E-state index in [1.165, 1.54) is 12.1 Å². The lowest BCUT2D eigenvalue weighted by molar-refractivity contribution is -0.135. The third-order valence-corrected chi connectivity index (χ3v) is 5.35. The van der Waals surface area contributed by atoms with Gasteiger partial charge in [0.05, 0.1) is 12.5 Å². The van der Waals surface area contributed by atoms with Crippen LogP contribution < -0.4 is 5.32 Å². The Morgan fingerprint density at radius 3 is 2.50 bits per heavy atom. The maximum Gasteiger partial charge on any atom is 0.244 e. The van der Waals surface area contributed by atoms with E-state index >= 15 is 0 Å². The molecule has 4 rings (SSSR count). The second-order valence-corrected chi connectivity index (χ2v) is 7.78. The van der Waals surface area contributed by atoms with E-state index in [0.717, 1.165) is 27.8 Å². The molecule has 1 heterocycles. The van der Waals surface area contributed by atoms with E-state index < -0.39 is 6.04 Å². The lowest BCUT2D eigenvalue weighted by atomic mass is 9.94. The zero-order valence-electron chi connectivity index (χ0n) is 17.0. The van der Waals surface area contributed by atoms with Crippen LogP contribution in [0.3, 0.4) is 0 Å². The quantitative estimate of drug-likeness (QED) is 0.698. The van der Waals surface area contributed by atoms with Gasteiger partial charge in [-0.25, -0.2) is 4.39 Å². The summed E-state index contributed by atoms with van der Waals surface area (Å²) in [5.74, 6) is -0.745. The highest BCUT2D eigenvalue weighted by atomic mass is 19.1. The molecule has 3 aromatic carbocycles. The van der Waals surface area contributed by atoms with E-state index in [1.807, 2.05) is 56.3 Å². The topological polar surface area (TPSA) is 49.4 Å². The molecule has 30 heavy (non-hydrogen) atoms. The Hall–Kier alpha value is -3.47. The van der Waals surface area contributed by atoms with Crippen LogP contribution in [0.4, 0.5) is 10.1 Å². The number of nitrogens with zero attached hydrogens (tertiary/aromatic N) is 1. The fraction of sp³-hybridized carbons (Fsp3) is 0.200. The minimum atomic E-state index is -0.489. The van der Waals surface area contributed by atoms with Crippen LogP contribution in [0.15, 0.2) is 66.7 Å². The molecular weight excluding hydrogens is 379 g/mol. The number of carbonyl (C=O) groups is 2. The molecule has 1 aliphatic rings. The Labute approximate surface area is 175 Å². The van der Waals surface area contributed by atoms with Gasteiger partial charge in [0.2, 0.25) is 11.8 Å². The Kier molecular flexibility index (Phi) is 5.36. The number of fused-ring (bicyclic) bond motifs is 1. The molecule has 4 nitrogen and oxygen atoms in total. The van der Waals surface area contributed by atoms with E-state index in [9.17, 15) is 14.0 Å². The molecule has 1 N–H and O–H groups in total. The number of aryl methyl sites for hydroxylation is 2. The first-order chi connectivity index (χ1) is 14.4. The molecule has 152 valence electrons. The third-order valence-electron chi connectivity index (χ3n) is 5.35. The minimum Gasteiger partial charge on any atom is -0.324 e. The smallest absolute Gasteiger partial charge is 0.244 e.